The number of ether oxygens (including phenoxy) is 1. The van der Waals surface area contributed by atoms with Crippen molar-refractivity contribution in [2.45, 2.75) is 31.5 Å². The van der Waals surface area contributed by atoms with Gasteiger partial charge in [-0.25, -0.2) is 4.39 Å². The molecular weight excluding hydrogens is 339 g/mol. The Hall–Kier alpha value is -0.980. The van der Waals surface area contributed by atoms with Gasteiger partial charge in [0.1, 0.15) is 11.9 Å². The molecular formula is C15H18BrFN2O2. The van der Waals surface area contributed by atoms with Crippen LogP contribution in [0.5, 0.6) is 0 Å². The third kappa shape index (κ3) is 3.81. The van der Waals surface area contributed by atoms with E-state index in [1.807, 2.05) is 11.0 Å². The van der Waals surface area contributed by atoms with Crippen molar-refractivity contribution >= 4 is 21.8 Å². The van der Waals surface area contributed by atoms with E-state index in [9.17, 15) is 9.18 Å². The maximum atomic E-state index is 14.0. The summed E-state index contributed by atoms with van der Waals surface area (Å²) in [7, 11) is 0. The summed E-state index contributed by atoms with van der Waals surface area (Å²) in [5.41, 5.74) is 0.601. The molecule has 1 N–H and O–H groups in total. The molecule has 0 spiro atoms. The summed E-state index contributed by atoms with van der Waals surface area (Å²) >= 11 is 3.25. The van der Waals surface area contributed by atoms with Gasteiger partial charge in [-0.15, -0.1) is 0 Å². The first kappa shape index (κ1) is 14.9. The van der Waals surface area contributed by atoms with Gasteiger partial charge in [-0.3, -0.25) is 9.69 Å². The maximum Gasteiger partial charge on any atom is 0.239 e. The van der Waals surface area contributed by atoms with Crippen LogP contribution in [0.25, 0.3) is 0 Å². The number of carbonyl (C=O) groups excluding carboxylic acids is 1. The van der Waals surface area contributed by atoms with Gasteiger partial charge in [0, 0.05) is 29.2 Å². The molecule has 1 aliphatic heterocycles. The summed E-state index contributed by atoms with van der Waals surface area (Å²) in [4.78, 5) is 14.2. The predicted molar refractivity (Wildman–Crippen MR) is 80.3 cm³/mol. The maximum absolute atomic E-state index is 14.0. The summed E-state index contributed by atoms with van der Waals surface area (Å²) in [6, 6.07) is 5.02. The molecule has 0 bridgehead atoms. The van der Waals surface area contributed by atoms with E-state index in [1.165, 1.54) is 6.07 Å². The quantitative estimate of drug-likeness (QED) is 0.897. The van der Waals surface area contributed by atoms with E-state index in [0.29, 0.717) is 42.4 Å². The van der Waals surface area contributed by atoms with Crippen LogP contribution in [0.4, 0.5) is 4.39 Å². The normalized spacial score (nSPS) is 23.0. The zero-order valence-corrected chi connectivity index (χ0v) is 13.2. The van der Waals surface area contributed by atoms with Crippen LogP contribution in [0.15, 0.2) is 22.7 Å². The molecule has 2 aliphatic rings. The van der Waals surface area contributed by atoms with Gasteiger partial charge in [-0.1, -0.05) is 22.0 Å². The zero-order valence-electron chi connectivity index (χ0n) is 11.6. The second kappa shape index (κ2) is 6.42. The van der Waals surface area contributed by atoms with Gasteiger partial charge >= 0.3 is 0 Å². The number of morpholine rings is 1. The lowest BCUT2D eigenvalue weighted by Gasteiger charge is -2.34. The molecule has 1 aliphatic carbocycles. The van der Waals surface area contributed by atoms with Crippen LogP contribution in [0.2, 0.25) is 0 Å². The Morgan fingerprint density at radius 3 is 3.00 bits per heavy atom. The van der Waals surface area contributed by atoms with Crippen molar-refractivity contribution < 1.29 is 13.9 Å². The molecule has 4 nitrogen and oxygen atoms in total. The fourth-order valence-electron chi connectivity index (χ4n) is 2.46. The lowest BCUT2D eigenvalue weighted by atomic mass is 10.1. The average molecular weight is 357 g/mol. The van der Waals surface area contributed by atoms with Crippen LogP contribution in [0, 0.1) is 5.82 Å². The largest absolute Gasteiger partial charge is 0.378 e. The highest BCUT2D eigenvalue weighted by Crippen LogP contribution is 2.21. The second-order valence-corrected chi connectivity index (χ2v) is 6.50. The van der Waals surface area contributed by atoms with Crippen LogP contribution in [0.1, 0.15) is 18.4 Å². The number of nitrogens with zero attached hydrogens (tertiary/aromatic N) is 1. The standard InChI is InChI=1S/C15H18BrFN2O2/c16-11-2-1-10(13(17)7-11)8-19-5-6-21-9-14(19)15(20)18-12-3-4-12/h1-2,7,12,14H,3-6,8-9H2,(H,18,20). The summed E-state index contributed by atoms with van der Waals surface area (Å²) in [6.07, 6.45) is 2.11. The van der Waals surface area contributed by atoms with Crippen molar-refractivity contribution in [2.24, 2.45) is 0 Å². The molecule has 0 radical (unpaired) electrons. The minimum Gasteiger partial charge on any atom is -0.378 e. The summed E-state index contributed by atoms with van der Waals surface area (Å²) in [6.45, 7) is 2.01. The Morgan fingerprint density at radius 1 is 1.48 bits per heavy atom. The number of benzene rings is 1. The van der Waals surface area contributed by atoms with E-state index in [1.54, 1.807) is 6.07 Å². The first-order valence-electron chi connectivity index (χ1n) is 7.19. The molecule has 1 aromatic carbocycles. The number of rotatable bonds is 4. The molecule has 114 valence electrons. The van der Waals surface area contributed by atoms with E-state index in [0.717, 1.165) is 12.8 Å². The first-order chi connectivity index (χ1) is 10.1. The number of amides is 1. The van der Waals surface area contributed by atoms with Crippen LogP contribution in [-0.4, -0.2) is 42.6 Å². The van der Waals surface area contributed by atoms with E-state index >= 15 is 0 Å². The molecule has 21 heavy (non-hydrogen) atoms. The van der Waals surface area contributed by atoms with Crippen molar-refractivity contribution in [3.8, 4) is 0 Å². The van der Waals surface area contributed by atoms with Gasteiger partial charge in [0.25, 0.3) is 0 Å². The zero-order chi connectivity index (χ0) is 14.8. The molecule has 1 aromatic rings. The third-order valence-corrected chi connectivity index (χ3v) is 4.35. The molecule has 1 atom stereocenters. The van der Waals surface area contributed by atoms with E-state index in [-0.39, 0.29) is 17.8 Å². The van der Waals surface area contributed by atoms with E-state index in [2.05, 4.69) is 21.2 Å². The Labute approximate surface area is 131 Å². The number of hydrogen-bond acceptors (Lipinski definition) is 3. The van der Waals surface area contributed by atoms with Gasteiger partial charge in [0.2, 0.25) is 5.91 Å². The highest BCUT2D eigenvalue weighted by molar-refractivity contribution is 9.10. The molecule has 1 saturated heterocycles. The topological polar surface area (TPSA) is 41.6 Å². The summed E-state index contributed by atoms with van der Waals surface area (Å²) in [5, 5.41) is 3.00. The fraction of sp³-hybridized carbons (Fsp3) is 0.533. The molecule has 1 amide bonds. The second-order valence-electron chi connectivity index (χ2n) is 5.58. The van der Waals surface area contributed by atoms with Crippen molar-refractivity contribution in [1.82, 2.24) is 10.2 Å². The SMILES string of the molecule is O=C(NC1CC1)C1COCCN1Cc1ccc(Br)cc1F. The molecule has 2 fully saturated rings. The lowest BCUT2D eigenvalue weighted by molar-refractivity contribution is -0.133. The Bertz CT molecular complexity index is 536. The Balaban J connectivity index is 1.69. The molecule has 1 unspecified atom stereocenters. The van der Waals surface area contributed by atoms with E-state index in [4.69, 9.17) is 4.74 Å². The lowest BCUT2D eigenvalue weighted by Crippen LogP contribution is -2.53. The minimum atomic E-state index is -0.331. The van der Waals surface area contributed by atoms with Gasteiger partial charge in [0.15, 0.2) is 0 Å². The number of halogens is 2. The smallest absolute Gasteiger partial charge is 0.239 e. The van der Waals surface area contributed by atoms with Gasteiger partial charge in [-0.2, -0.15) is 0 Å². The third-order valence-electron chi connectivity index (χ3n) is 3.85. The van der Waals surface area contributed by atoms with Crippen molar-refractivity contribution in [2.75, 3.05) is 19.8 Å². The molecule has 0 aromatic heterocycles. The highest BCUT2D eigenvalue weighted by Gasteiger charge is 2.33. The Kier molecular flexibility index (Phi) is 4.57. The number of carbonyl (C=O) groups is 1. The number of nitrogens with one attached hydrogen (secondary N) is 1. The molecule has 6 heteroatoms. The van der Waals surface area contributed by atoms with Gasteiger partial charge in [0.05, 0.1) is 13.2 Å². The fourth-order valence-corrected chi connectivity index (χ4v) is 2.80. The van der Waals surface area contributed by atoms with Gasteiger partial charge in [-0.05, 0) is 25.0 Å². The Morgan fingerprint density at radius 2 is 2.29 bits per heavy atom. The molecule has 1 saturated carbocycles. The van der Waals surface area contributed by atoms with Gasteiger partial charge < -0.3 is 10.1 Å². The molecule has 1 heterocycles. The predicted octanol–water partition coefficient (Wildman–Crippen LogP) is 2.07. The van der Waals surface area contributed by atoms with Crippen LogP contribution in [-0.2, 0) is 16.1 Å². The first-order valence-corrected chi connectivity index (χ1v) is 7.99. The molecule has 3 rings (SSSR count). The van der Waals surface area contributed by atoms with Crippen molar-refractivity contribution in [3.05, 3.63) is 34.1 Å². The summed E-state index contributed by atoms with van der Waals surface area (Å²) < 4.78 is 20.1. The minimum absolute atomic E-state index is 0.00489. The monoisotopic (exact) mass is 356 g/mol. The average Bonchev–Trinajstić information content (AvgIpc) is 3.26. The van der Waals surface area contributed by atoms with Crippen LogP contribution in [0.3, 0.4) is 0 Å². The van der Waals surface area contributed by atoms with Crippen molar-refractivity contribution in [1.29, 1.82) is 0 Å². The van der Waals surface area contributed by atoms with Crippen molar-refractivity contribution in [3.63, 3.8) is 0 Å². The number of hydrogen-bond donors (Lipinski definition) is 1. The highest BCUT2D eigenvalue weighted by atomic mass is 79.9. The van der Waals surface area contributed by atoms with Crippen LogP contribution < -0.4 is 5.32 Å². The summed E-state index contributed by atoms with van der Waals surface area (Å²) in [5.74, 6) is -0.257. The van der Waals surface area contributed by atoms with Crippen LogP contribution >= 0.6 is 15.9 Å². The van der Waals surface area contributed by atoms with E-state index < -0.39 is 0 Å².